The van der Waals surface area contributed by atoms with Crippen molar-refractivity contribution in [1.29, 1.82) is 0 Å². The number of fused-ring (bicyclic) bond motifs is 12. The van der Waals surface area contributed by atoms with Gasteiger partial charge in [0.25, 0.3) is 0 Å². The number of imidazole rings is 1. The molecular weight excluding hydrogens is 982 g/mol. The van der Waals surface area contributed by atoms with E-state index in [4.69, 9.17) is 14.7 Å². The normalized spacial score (nSPS) is 13.0. The van der Waals surface area contributed by atoms with E-state index in [1.807, 2.05) is 42.9 Å². The van der Waals surface area contributed by atoms with Crippen LogP contribution in [0.15, 0.2) is 213 Å². The number of nitrogens with zero attached hydrogens (tertiary/aromatic N) is 5. The van der Waals surface area contributed by atoms with E-state index in [1.54, 1.807) is 0 Å². The van der Waals surface area contributed by atoms with E-state index in [-0.39, 0.29) is 21.1 Å². The number of ether oxygens (including phenoxy) is 1. The van der Waals surface area contributed by atoms with Crippen LogP contribution in [0.2, 0.25) is 0 Å². The molecule has 1 aliphatic rings. The smallest absolute Gasteiger partial charge is 0.503 e. The molecule has 1 aliphatic heterocycles. The van der Waals surface area contributed by atoms with Crippen LogP contribution in [-0.4, -0.2) is 27.0 Å². The summed E-state index contributed by atoms with van der Waals surface area (Å²) in [6.07, 6.45) is 5.71. The maximum atomic E-state index is 6.70. The van der Waals surface area contributed by atoms with E-state index in [1.165, 1.54) is 26.4 Å². The number of pyridine rings is 2. The van der Waals surface area contributed by atoms with Gasteiger partial charge in [0.1, 0.15) is 5.65 Å². The molecule has 0 saturated carbocycles. The number of hydrogen-bond donors (Lipinski definition) is 0. The summed E-state index contributed by atoms with van der Waals surface area (Å²) in [6.45, 7) is 0. The van der Waals surface area contributed by atoms with Crippen molar-refractivity contribution in [3.8, 4) is 17.2 Å². The van der Waals surface area contributed by atoms with Gasteiger partial charge < -0.3 is 18.6 Å². The third-order valence-electron chi connectivity index (χ3n) is 12.7. The summed E-state index contributed by atoms with van der Waals surface area (Å²) in [4.78, 5) is 12.3. The van der Waals surface area contributed by atoms with Crippen LogP contribution in [0.4, 0.5) is 17.1 Å². The van der Waals surface area contributed by atoms with Gasteiger partial charge in [-0.25, -0.2) is 4.98 Å². The third kappa shape index (κ3) is 5.54. The Morgan fingerprint density at radius 3 is 1.97 bits per heavy atom. The van der Waals surface area contributed by atoms with Crippen LogP contribution in [-0.2, 0) is 21.1 Å². The van der Waals surface area contributed by atoms with Crippen LogP contribution in [0.1, 0.15) is 0 Å². The van der Waals surface area contributed by atoms with Gasteiger partial charge in [-0.05, 0) is 62.5 Å². The molecule has 0 atom stereocenters. The summed E-state index contributed by atoms with van der Waals surface area (Å²) >= 11 is 0. The van der Waals surface area contributed by atoms with Crippen molar-refractivity contribution in [1.82, 2.24) is 18.9 Å². The van der Waals surface area contributed by atoms with Crippen molar-refractivity contribution >= 4 is 95.1 Å². The fourth-order valence-corrected chi connectivity index (χ4v) is 15.3. The number of benzene rings is 8. The van der Waals surface area contributed by atoms with Crippen molar-refractivity contribution in [2.75, 3.05) is 4.90 Å². The van der Waals surface area contributed by atoms with Crippen molar-refractivity contribution in [3.63, 3.8) is 0 Å². The predicted molar refractivity (Wildman–Crippen MR) is 258 cm³/mol. The predicted octanol–water partition coefficient (Wildman–Crippen LogP) is 10.7. The number of hydrogen-bond acceptors (Lipinski definition) is 4. The minimum absolute atomic E-state index is 0. The summed E-state index contributed by atoms with van der Waals surface area (Å²) in [6, 6.07) is 76.9. The van der Waals surface area contributed by atoms with Crippen molar-refractivity contribution in [2.24, 2.45) is 0 Å². The molecule has 0 unspecified atom stereocenters. The second-order valence-electron chi connectivity index (χ2n) is 16.0. The van der Waals surface area contributed by atoms with Gasteiger partial charge in [0, 0.05) is 57.8 Å². The van der Waals surface area contributed by atoms with Gasteiger partial charge in [0.15, 0.2) is 8.07 Å². The first-order valence-electron chi connectivity index (χ1n) is 21.2. The Hall–Kier alpha value is -7.57. The van der Waals surface area contributed by atoms with Gasteiger partial charge in [0.2, 0.25) is 0 Å². The zero-order chi connectivity index (χ0) is 41.5. The molecule has 0 radical (unpaired) electrons. The minimum atomic E-state index is -2.98. The topological polar surface area (TPSA) is 47.6 Å². The first-order chi connectivity index (χ1) is 31.3. The molecule has 0 fully saturated rings. The molecule has 304 valence electrons. The SMILES string of the molecule is [Pt+2].[c-]1c(Oc2[c-]c3c(cc2)c2ccccc2n2ccnc32)cccc1-n1c2ncccc2c2ccc3c(c21)N(c1ccccc1)c1ccccc1[Si]3(c1ccccc1)c1ccccc1. The van der Waals surface area contributed by atoms with Crippen LogP contribution in [0.25, 0.3) is 54.9 Å². The van der Waals surface area contributed by atoms with Gasteiger partial charge >= 0.3 is 21.1 Å². The fourth-order valence-electron chi connectivity index (χ4n) is 10.2. The first kappa shape index (κ1) is 38.1. The van der Waals surface area contributed by atoms with Crippen molar-refractivity contribution in [3.05, 3.63) is 225 Å². The number of para-hydroxylation sites is 3. The van der Waals surface area contributed by atoms with Crippen LogP contribution in [0.3, 0.4) is 0 Å². The van der Waals surface area contributed by atoms with Gasteiger partial charge in [-0.1, -0.05) is 150 Å². The molecule has 5 heterocycles. The summed E-state index contributed by atoms with van der Waals surface area (Å²) in [5.74, 6) is 1.16. The maximum Gasteiger partial charge on any atom is 2.00 e. The molecule has 0 spiro atoms. The number of aromatic nitrogens is 4. The third-order valence-corrected chi connectivity index (χ3v) is 17.6. The second kappa shape index (κ2) is 15.1. The minimum Gasteiger partial charge on any atom is -0.503 e. The number of anilines is 3. The first-order valence-corrected chi connectivity index (χ1v) is 23.2. The monoisotopic (exact) mass is 1020 g/mol. The van der Waals surface area contributed by atoms with Crippen LogP contribution >= 0.6 is 0 Å². The van der Waals surface area contributed by atoms with E-state index in [0.717, 1.165) is 66.3 Å². The van der Waals surface area contributed by atoms with Gasteiger partial charge in [-0.3, -0.25) is 4.98 Å². The Bertz CT molecular complexity index is 3700. The van der Waals surface area contributed by atoms with E-state index >= 15 is 0 Å². The summed E-state index contributed by atoms with van der Waals surface area (Å²) in [7, 11) is -2.98. The molecule has 0 N–H and O–H groups in total. The average molecular weight is 1020 g/mol. The zero-order valence-electron chi connectivity index (χ0n) is 34.2. The fraction of sp³-hybridized carbons (Fsp3) is 0. The molecule has 4 aromatic heterocycles. The Morgan fingerprint density at radius 2 is 1.16 bits per heavy atom. The standard InChI is InChI=1S/C56H35N5OSi.Pt/c1-4-16-38(17-5-1)60-50-27-12-13-28-51(50)63(42-20-6-2-7-21-42,43-22-8-3-9-23-43)52-32-31-46-47-25-15-33-57-56(47)61(53(46)54(52)60)39-18-14-19-40(36-39)62-41-29-30-44-45-24-10-11-26-49(45)59-35-34-58-55(59)48(44)37-41;/h1-35H;/q-2;+2. The Balaban J connectivity index is 0.00000433. The van der Waals surface area contributed by atoms with Gasteiger partial charge in [-0.15, -0.1) is 30.3 Å². The molecule has 64 heavy (non-hydrogen) atoms. The molecule has 8 aromatic carbocycles. The average Bonchev–Trinajstić information content (AvgIpc) is 3.99. The van der Waals surface area contributed by atoms with Gasteiger partial charge in [0.05, 0.1) is 16.9 Å². The second-order valence-corrected chi connectivity index (χ2v) is 19.7. The summed E-state index contributed by atoms with van der Waals surface area (Å²) in [5.41, 5.74) is 8.04. The Morgan fingerprint density at radius 1 is 0.484 bits per heavy atom. The van der Waals surface area contributed by atoms with Gasteiger partial charge in [-0.2, -0.15) is 6.07 Å². The quantitative estimate of drug-likeness (QED) is 0.0946. The molecule has 8 heteroatoms. The van der Waals surface area contributed by atoms with E-state index in [0.29, 0.717) is 11.5 Å². The summed E-state index contributed by atoms with van der Waals surface area (Å²) in [5, 5.41) is 10.6. The molecular formula is C56H35N5OPtSi. The molecule has 13 rings (SSSR count). The Kier molecular flexibility index (Phi) is 8.97. The molecule has 6 nitrogen and oxygen atoms in total. The van der Waals surface area contributed by atoms with E-state index < -0.39 is 8.07 Å². The van der Waals surface area contributed by atoms with Crippen molar-refractivity contribution in [2.45, 2.75) is 0 Å². The molecule has 0 aliphatic carbocycles. The Labute approximate surface area is 384 Å². The molecule has 0 amide bonds. The van der Waals surface area contributed by atoms with E-state index in [9.17, 15) is 0 Å². The maximum absolute atomic E-state index is 6.70. The van der Waals surface area contributed by atoms with E-state index in [2.05, 4.69) is 196 Å². The van der Waals surface area contributed by atoms with Crippen LogP contribution in [0, 0.1) is 12.1 Å². The summed E-state index contributed by atoms with van der Waals surface area (Å²) < 4.78 is 11.1. The molecule has 0 saturated heterocycles. The van der Waals surface area contributed by atoms with Crippen LogP contribution < -0.4 is 30.4 Å². The van der Waals surface area contributed by atoms with Crippen LogP contribution in [0.5, 0.6) is 11.5 Å². The largest absolute Gasteiger partial charge is 2.00 e. The molecule has 12 aromatic rings. The number of rotatable bonds is 6. The molecule has 0 bridgehead atoms. The van der Waals surface area contributed by atoms with Crippen molar-refractivity contribution < 1.29 is 25.8 Å². The zero-order valence-corrected chi connectivity index (χ0v) is 37.4.